The minimum Gasteiger partial charge on any atom is -0.384 e. The largest absolute Gasteiger partial charge is 0.384 e. The van der Waals surface area contributed by atoms with Gasteiger partial charge in [0.05, 0.1) is 5.02 Å². The molecule has 3 aromatic rings. The molecule has 7 heteroatoms. The van der Waals surface area contributed by atoms with Crippen LogP contribution in [0, 0.1) is 10.8 Å². The average Bonchev–Trinajstić information content (AvgIpc) is 3.05. The Hall–Kier alpha value is -3.12. The smallest absolute Gasteiger partial charge is 0.169 e. The van der Waals surface area contributed by atoms with Gasteiger partial charge in [-0.05, 0) is 24.3 Å². The minimum atomic E-state index is -0.0539. The first kappa shape index (κ1) is 15.8. The summed E-state index contributed by atoms with van der Waals surface area (Å²) in [7, 11) is 0. The van der Waals surface area contributed by atoms with Crippen molar-refractivity contribution >= 4 is 23.3 Å². The first-order chi connectivity index (χ1) is 11.5. The van der Waals surface area contributed by atoms with E-state index in [4.69, 9.17) is 38.4 Å². The van der Waals surface area contributed by atoms with Gasteiger partial charge in [0.2, 0.25) is 0 Å². The molecule has 24 heavy (non-hydrogen) atoms. The average molecular weight is 340 g/mol. The van der Waals surface area contributed by atoms with E-state index in [-0.39, 0.29) is 11.7 Å². The van der Waals surface area contributed by atoms with Gasteiger partial charge in [-0.1, -0.05) is 35.0 Å². The molecule has 0 radical (unpaired) electrons. The molecule has 0 aliphatic rings. The van der Waals surface area contributed by atoms with Crippen molar-refractivity contribution in [3.63, 3.8) is 0 Å². The molecule has 0 spiro atoms. The topological polar surface area (TPSA) is 126 Å². The van der Waals surface area contributed by atoms with E-state index < -0.39 is 0 Å². The van der Waals surface area contributed by atoms with E-state index in [1.165, 1.54) is 0 Å². The van der Waals surface area contributed by atoms with Crippen molar-refractivity contribution < 1.29 is 4.52 Å². The van der Waals surface area contributed by atoms with Crippen LogP contribution in [0.3, 0.4) is 0 Å². The van der Waals surface area contributed by atoms with Crippen LogP contribution in [0.5, 0.6) is 0 Å². The number of benzene rings is 2. The summed E-state index contributed by atoms with van der Waals surface area (Å²) in [6.07, 6.45) is 0. The normalized spacial score (nSPS) is 10.5. The number of aromatic nitrogens is 1. The molecule has 0 aliphatic heterocycles. The van der Waals surface area contributed by atoms with Crippen LogP contribution in [0.2, 0.25) is 5.02 Å². The van der Waals surface area contributed by atoms with Crippen LogP contribution in [0.4, 0.5) is 0 Å². The molecule has 6 N–H and O–H groups in total. The Balaban J connectivity index is 2.03. The van der Waals surface area contributed by atoms with Crippen LogP contribution < -0.4 is 11.5 Å². The molecule has 2 aromatic carbocycles. The summed E-state index contributed by atoms with van der Waals surface area (Å²) in [5.41, 5.74) is 14.2. The molecule has 0 aliphatic carbocycles. The molecule has 0 bridgehead atoms. The molecule has 0 unspecified atom stereocenters. The van der Waals surface area contributed by atoms with E-state index in [1.807, 2.05) is 6.07 Å². The zero-order valence-corrected chi connectivity index (χ0v) is 13.3. The minimum absolute atomic E-state index is 0.0160. The summed E-state index contributed by atoms with van der Waals surface area (Å²) in [6.45, 7) is 0. The summed E-state index contributed by atoms with van der Waals surface area (Å²) >= 11 is 6.21. The predicted molar refractivity (Wildman–Crippen MR) is 94.4 cm³/mol. The highest BCUT2D eigenvalue weighted by atomic mass is 35.5. The van der Waals surface area contributed by atoms with E-state index in [0.29, 0.717) is 33.2 Å². The Kier molecular flexibility index (Phi) is 4.05. The number of nitrogens with zero attached hydrogens (tertiary/aromatic N) is 1. The summed E-state index contributed by atoms with van der Waals surface area (Å²) < 4.78 is 5.39. The van der Waals surface area contributed by atoms with Crippen LogP contribution >= 0.6 is 11.6 Å². The van der Waals surface area contributed by atoms with Crippen molar-refractivity contribution in [1.29, 1.82) is 10.8 Å². The summed E-state index contributed by atoms with van der Waals surface area (Å²) in [5, 5.41) is 19.6. The van der Waals surface area contributed by atoms with Gasteiger partial charge in [-0.3, -0.25) is 10.8 Å². The van der Waals surface area contributed by atoms with Crippen molar-refractivity contribution in [3.05, 3.63) is 64.7 Å². The highest BCUT2D eigenvalue weighted by Crippen LogP contribution is 2.32. The molecule has 0 fully saturated rings. The number of halogens is 1. The molecular formula is C17H14ClN5O. The number of nitrogens with one attached hydrogen (secondary N) is 2. The lowest BCUT2D eigenvalue weighted by atomic mass is 10.0. The highest BCUT2D eigenvalue weighted by Gasteiger charge is 2.13. The fourth-order valence-electron chi connectivity index (χ4n) is 2.27. The second kappa shape index (κ2) is 6.17. The van der Waals surface area contributed by atoms with Gasteiger partial charge in [-0.15, -0.1) is 0 Å². The highest BCUT2D eigenvalue weighted by molar-refractivity contribution is 6.33. The fraction of sp³-hybridized carbons (Fsp3) is 0. The molecular weight excluding hydrogens is 326 g/mol. The van der Waals surface area contributed by atoms with E-state index in [2.05, 4.69) is 5.16 Å². The Morgan fingerprint density at radius 2 is 1.67 bits per heavy atom. The van der Waals surface area contributed by atoms with Gasteiger partial charge in [-0.2, -0.15) is 0 Å². The van der Waals surface area contributed by atoms with E-state index in [9.17, 15) is 0 Å². The molecule has 6 nitrogen and oxygen atoms in total. The zero-order chi connectivity index (χ0) is 17.3. The Bertz CT molecular complexity index is 948. The Morgan fingerprint density at radius 3 is 2.38 bits per heavy atom. The molecule has 120 valence electrons. The van der Waals surface area contributed by atoms with Crippen LogP contribution in [0.25, 0.3) is 22.6 Å². The summed E-state index contributed by atoms with van der Waals surface area (Å²) in [5.74, 6) is 0.394. The molecule has 1 aromatic heterocycles. The first-order valence-electron chi connectivity index (χ1n) is 7.01. The van der Waals surface area contributed by atoms with Crippen molar-refractivity contribution in [1.82, 2.24) is 5.16 Å². The predicted octanol–water partition coefficient (Wildman–Crippen LogP) is 3.23. The number of hydrogen-bond acceptors (Lipinski definition) is 4. The van der Waals surface area contributed by atoms with Gasteiger partial charge in [0.15, 0.2) is 5.76 Å². The number of rotatable bonds is 4. The third-order valence-corrected chi connectivity index (χ3v) is 3.85. The van der Waals surface area contributed by atoms with E-state index in [0.717, 1.165) is 5.56 Å². The van der Waals surface area contributed by atoms with Crippen molar-refractivity contribution in [2.75, 3.05) is 0 Å². The Labute approximate surface area is 143 Å². The van der Waals surface area contributed by atoms with Crippen molar-refractivity contribution in [3.8, 4) is 22.6 Å². The third kappa shape index (κ3) is 3.00. The van der Waals surface area contributed by atoms with Crippen LogP contribution in [-0.2, 0) is 0 Å². The lowest BCUT2D eigenvalue weighted by Crippen LogP contribution is -2.10. The molecule has 1 heterocycles. The van der Waals surface area contributed by atoms with Crippen molar-refractivity contribution in [2.45, 2.75) is 0 Å². The Morgan fingerprint density at radius 1 is 0.958 bits per heavy atom. The lowest BCUT2D eigenvalue weighted by molar-refractivity contribution is 0.435. The van der Waals surface area contributed by atoms with Gasteiger partial charge in [-0.25, -0.2) is 0 Å². The maximum absolute atomic E-state index is 7.53. The zero-order valence-electron chi connectivity index (χ0n) is 12.5. The van der Waals surface area contributed by atoms with Gasteiger partial charge in [0.1, 0.15) is 17.4 Å². The number of hydrogen-bond donors (Lipinski definition) is 4. The molecule has 0 saturated carbocycles. The first-order valence-corrected chi connectivity index (χ1v) is 7.39. The van der Waals surface area contributed by atoms with Gasteiger partial charge >= 0.3 is 0 Å². The SMILES string of the molecule is N=C(N)c1cccc(-c2cc(-c3cc(C(=N)N)ccc3Cl)on2)c1. The molecule has 0 amide bonds. The lowest BCUT2D eigenvalue weighted by Gasteiger charge is -2.03. The number of nitrogen functional groups attached to an aromatic ring is 2. The van der Waals surface area contributed by atoms with E-state index in [1.54, 1.807) is 42.5 Å². The summed E-state index contributed by atoms with van der Waals surface area (Å²) in [4.78, 5) is 0. The van der Waals surface area contributed by atoms with Crippen molar-refractivity contribution in [2.24, 2.45) is 11.5 Å². The second-order valence-electron chi connectivity index (χ2n) is 5.18. The second-order valence-corrected chi connectivity index (χ2v) is 5.59. The van der Waals surface area contributed by atoms with Crippen LogP contribution in [0.15, 0.2) is 53.1 Å². The molecule has 3 rings (SSSR count). The fourth-order valence-corrected chi connectivity index (χ4v) is 2.48. The number of amidine groups is 2. The van der Waals surface area contributed by atoms with Gasteiger partial charge in [0, 0.05) is 28.3 Å². The maximum atomic E-state index is 7.53. The monoisotopic (exact) mass is 339 g/mol. The molecule has 0 atom stereocenters. The van der Waals surface area contributed by atoms with Gasteiger partial charge < -0.3 is 16.0 Å². The van der Waals surface area contributed by atoms with Crippen LogP contribution in [-0.4, -0.2) is 16.8 Å². The van der Waals surface area contributed by atoms with E-state index >= 15 is 0 Å². The van der Waals surface area contributed by atoms with Crippen LogP contribution in [0.1, 0.15) is 11.1 Å². The number of nitrogens with two attached hydrogens (primary N) is 2. The van der Waals surface area contributed by atoms with Gasteiger partial charge in [0.25, 0.3) is 0 Å². The maximum Gasteiger partial charge on any atom is 0.169 e. The standard InChI is InChI=1S/C17H14ClN5O/c18-13-5-4-11(17(21)22)7-12(13)15-8-14(23-24-15)9-2-1-3-10(6-9)16(19)20/h1-8H,(H3,19,20)(H3,21,22). The third-order valence-electron chi connectivity index (χ3n) is 3.52. The summed E-state index contributed by atoms with van der Waals surface area (Å²) in [6, 6.07) is 13.9. The molecule has 0 saturated heterocycles. The quantitative estimate of drug-likeness (QED) is 0.430.